The van der Waals surface area contributed by atoms with Crippen molar-refractivity contribution in [3.05, 3.63) is 70.2 Å². The Bertz CT molecular complexity index is 1340. The molecule has 0 bridgehead atoms. The molecule has 2 atom stereocenters. The number of anilines is 1. The molecule has 1 fully saturated rings. The van der Waals surface area contributed by atoms with Crippen LogP contribution in [0.2, 0.25) is 0 Å². The number of benzene rings is 2. The fourth-order valence-corrected chi connectivity index (χ4v) is 5.29. The van der Waals surface area contributed by atoms with Crippen LogP contribution in [0.5, 0.6) is 5.75 Å². The summed E-state index contributed by atoms with van der Waals surface area (Å²) in [4.78, 5) is 30.5. The molecule has 1 aromatic heterocycles. The van der Waals surface area contributed by atoms with Gasteiger partial charge in [0.1, 0.15) is 22.9 Å². The summed E-state index contributed by atoms with van der Waals surface area (Å²) in [6.07, 6.45) is -2.92. The molecule has 2 heterocycles. The minimum absolute atomic E-state index is 0.00407. The first-order valence-electron chi connectivity index (χ1n) is 11.6. The van der Waals surface area contributed by atoms with Crippen LogP contribution in [-0.2, 0) is 10.2 Å². The molecule has 0 aliphatic carbocycles. The Morgan fingerprint density at radius 1 is 1.21 bits per heavy atom. The van der Waals surface area contributed by atoms with E-state index in [-0.39, 0.29) is 35.9 Å². The van der Waals surface area contributed by atoms with Crippen LogP contribution in [0.25, 0.3) is 0 Å². The number of ether oxygens (including phenoxy) is 1. The van der Waals surface area contributed by atoms with Crippen LogP contribution < -0.4 is 15.4 Å². The number of nitrogens with zero attached hydrogens (tertiary/aromatic N) is 3. The highest BCUT2D eigenvalue weighted by molar-refractivity contribution is 7.05. The molecule has 0 saturated carbocycles. The maximum absolute atomic E-state index is 14.5. The summed E-state index contributed by atoms with van der Waals surface area (Å²) in [5.41, 5.74) is 0.0619. The molecule has 38 heavy (non-hydrogen) atoms. The summed E-state index contributed by atoms with van der Waals surface area (Å²) >= 11 is 1.16. The highest BCUT2D eigenvalue weighted by Crippen LogP contribution is 2.42. The van der Waals surface area contributed by atoms with Gasteiger partial charge < -0.3 is 20.3 Å². The number of aromatic nitrogens is 2. The van der Waals surface area contributed by atoms with E-state index in [2.05, 4.69) is 14.7 Å². The first kappa shape index (κ1) is 27.3. The van der Waals surface area contributed by atoms with Crippen molar-refractivity contribution in [1.82, 2.24) is 19.6 Å². The van der Waals surface area contributed by atoms with Crippen LogP contribution in [-0.4, -0.2) is 52.6 Å². The second-order valence-corrected chi connectivity index (χ2v) is 9.81. The number of methoxy groups -OCH3 is 1. The molecular formula is C25H25F4N5O3S. The molecule has 0 radical (unpaired) electrons. The molecule has 2 N–H and O–H groups in total. The van der Waals surface area contributed by atoms with Crippen LogP contribution in [0.3, 0.4) is 0 Å². The number of halogens is 4. The third kappa shape index (κ3) is 5.42. The number of carbonyl (C=O) groups is 2. The van der Waals surface area contributed by atoms with Crippen molar-refractivity contribution in [2.45, 2.75) is 37.9 Å². The summed E-state index contributed by atoms with van der Waals surface area (Å²) in [6, 6.07) is 5.63. The smallest absolute Gasteiger partial charge is 0.412 e. The topological polar surface area (TPSA) is 96.5 Å². The lowest BCUT2D eigenvalue weighted by Crippen LogP contribution is -2.38. The second-order valence-electron chi connectivity index (χ2n) is 9.03. The molecular weight excluding hydrogens is 526 g/mol. The average Bonchev–Trinajstić information content (AvgIpc) is 3.55. The van der Waals surface area contributed by atoms with Gasteiger partial charge in [0.2, 0.25) is 5.91 Å². The van der Waals surface area contributed by atoms with Crippen molar-refractivity contribution in [2.24, 2.45) is 0 Å². The number of alkyl halides is 3. The fourth-order valence-electron chi connectivity index (χ4n) is 4.55. The lowest BCUT2D eigenvalue weighted by atomic mass is 9.80. The zero-order valence-corrected chi connectivity index (χ0v) is 21.5. The number of nitrogens with one attached hydrogen (secondary N) is 2. The van der Waals surface area contributed by atoms with Gasteiger partial charge in [-0.05, 0) is 59.8 Å². The van der Waals surface area contributed by atoms with E-state index in [1.165, 1.54) is 36.5 Å². The second kappa shape index (κ2) is 10.6. The molecule has 8 nitrogen and oxygen atoms in total. The molecule has 202 valence electrons. The van der Waals surface area contributed by atoms with Gasteiger partial charge in [0.25, 0.3) is 0 Å². The van der Waals surface area contributed by atoms with Crippen molar-refractivity contribution < 1.29 is 31.9 Å². The van der Waals surface area contributed by atoms with Gasteiger partial charge in [0.05, 0.1) is 18.2 Å². The van der Waals surface area contributed by atoms with Crippen LogP contribution in [0.15, 0.2) is 42.7 Å². The number of amides is 3. The van der Waals surface area contributed by atoms with Gasteiger partial charge in [-0.25, -0.2) is 14.2 Å². The van der Waals surface area contributed by atoms with Crippen molar-refractivity contribution in [1.29, 1.82) is 0 Å². The number of urea groups is 1. The molecule has 3 amide bonds. The molecule has 1 saturated heterocycles. The van der Waals surface area contributed by atoms with Gasteiger partial charge in [-0.15, -0.1) is 0 Å². The number of rotatable bonds is 6. The summed E-state index contributed by atoms with van der Waals surface area (Å²) in [5, 5.41) is 5.15. The normalized spacial score (nSPS) is 18.2. The quantitative estimate of drug-likeness (QED) is 0.423. The Labute approximate surface area is 220 Å². The third-order valence-electron chi connectivity index (χ3n) is 6.52. The summed E-state index contributed by atoms with van der Waals surface area (Å²) < 4.78 is 64.8. The summed E-state index contributed by atoms with van der Waals surface area (Å²) in [7, 11) is 1.32. The number of hydrogen-bond acceptors (Lipinski definition) is 6. The van der Waals surface area contributed by atoms with E-state index in [1.807, 2.05) is 5.32 Å². The zero-order chi connectivity index (χ0) is 27.7. The van der Waals surface area contributed by atoms with Crippen molar-refractivity contribution in [3.63, 3.8) is 0 Å². The third-order valence-corrected chi connectivity index (χ3v) is 7.39. The first-order valence-corrected chi connectivity index (χ1v) is 12.3. The predicted molar refractivity (Wildman–Crippen MR) is 133 cm³/mol. The maximum Gasteiger partial charge on any atom is 0.412 e. The Morgan fingerprint density at radius 3 is 2.58 bits per heavy atom. The van der Waals surface area contributed by atoms with Crippen LogP contribution in [0.1, 0.15) is 41.1 Å². The molecule has 13 heteroatoms. The largest absolute Gasteiger partial charge is 0.495 e. The number of aryl methyl sites for hydroxylation is 1. The van der Waals surface area contributed by atoms with Gasteiger partial charge in [0.15, 0.2) is 6.04 Å². The minimum Gasteiger partial charge on any atom is -0.495 e. The molecule has 0 unspecified atom stereocenters. The van der Waals surface area contributed by atoms with E-state index >= 15 is 0 Å². The van der Waals surface area contributed by atoms with E-state index in [0.717, 1.165) is 24.5 Å². The lowest BCUT2D eigenvalue weighted by Gasteiger charge is -2.28. The van der Waals surface area contributed by atoms with Crippen LogP contribution in [0, 0.1) is 12.7 Å². The van der Waals surface area contributed by atoms with E-state index in [4.69, 9.17) is 4.74 Å². The first-order chi connectivity index (χ1) is 17.9. The van der Waals surface area contributed by atoms with Crippen LogP contribution >= 0.6 is 11.5 Å². The molecule has 2 aromatic carbocycles. The van der Waals surface area contributed by atoms with E-state index in [9.17, 15) is 27.2 Å². The lowest BCUT2D eigenvalue weighted by molar-refractivity contribution is -0.162. The Hall–Kier alpha value is -3.74. The van der Waals surface area contributed by atoms with Crippen LogP contribution in [0.4, 0.5) is 28.0 Å². The SMILES string of the molecule is COc1ccc([C@@H](NC(C)=O)C(F)(F)F)cc1NC(=O)N1CC[C@](c2ccc(C)c(F)c2)(c2ncns2)C1. The van der Waals surface area contributed by atoms with Gasteiger partial charge in [-0.1, -0.05) is 18.2 Å². The fraction of sp³-hybridized carbons (Fsp3) is 0.360. The van der Waals surface area contributed by atoms with Gasteiger partial charge in [0, 0.05) is 20.0 Å². The van der Waals surface area contributed by atoms with E-state index < -0.39 is 29.6 Å². The minimum atomic E-state index is -4.76. The van der Waals surface area contributed by atoms with Gasteiger partial charge in [-0.2, -0.15) is 17.5 Å². The summed E-state index contributed by atoms with van der Waals surface area (Å²) in [5.74, 6) is -1.10. The number of likely N-dealkylation sites (tertiary alicyclic amines) is 1. The summed E-state index contributed by atoms with van der Waals surface area (Å²) in [6.45, 7) is 3.07. The molecule has 1 aliphatic rings. The number of carbonyl (C=O) groups excluding carboxylic acids is 2. The highest BCUT2D eigenvalue weighted by atomic mass is 32.1. The monoisotopic (exact) mass is 551 g/mol. The Balaban J connectivity index is 1.62. The maximum atomic E-state index is 14.5. The zero-order valence-electron chi connectivity index (χ0n) is 20.7. The highest BCUT2D eigenvalue weighted by Gasteiger charge is 2.46. The standard InChI is InChI=1S/C25H25F4N5O3S/c1-14-4-6-17(11-18(14)26)24(22-30-13-31-38-22)8-9-34(12-24)23(36)33-19-10-16(5-7-20(19)37-3)21(25(27,28)29)32-15(2)35/h4-7,10-11,13,21H,8-9,12H2,1-3H3,(H,32,35)(H,33,36)/t21-,24+/m1/s1. The predicted octanol–water partition coefficient (Wildman–Crippen LogP) is 4.96. The Morgan fingerprint density at radius 2 is 1.97 bits per heavy atom. The van der Waals surface area contributed by atoms with E-state index in [1.54, 1.807) is 19.1 Å². The molecule has 1 aliphatic heterocycles. The molecule has 4 rings (SSSR count). The molecule has 3 aromatic rings. The van der Waals surface area contributed by atoms with Gasteiger partial charge in [-0.3, -0.25) is 4.79 Å². The Kier molecular flexibility index (Phi) is 7.58. The average molecular weight is 552 g/mol. The number of hydrogen-bond donors (Lipinski definition) is 2. The van der Waals surface area contributed by atoms with Crippen molar-refractivity contribution in [3.8, 4) is 5.75 Å². The molecule has 0 spiro atoms. The van der Waals surface area contributed by atoms with Crippen molar-refractivity contribution >= 4 is 29.2 Å². The van der Waals surface area contributed by atoms with E-state index in [0.29, 0.717) is 22.6 Å². The van der Waals surface area contributed by atoms with Crippen molar-refractivity contribution in [2.75, 3.05) is 25.5 Å². The van der Waals surface area contributed by atoms with Gasteiger partial charge >= 0.3 is 12.2 Å².